The van der Waals surface area contributed by atoms with Crippen molar-refractivity contribution >= 4 is 10.9 Å². The van der Waals surface area contributed by atoms with E-state index in [1.165, 1.54) is 5.52 Å². The molecular weight excluding hydrogens is 250 g/mol. The molecule has 3 rings (SSSR count). The van der Waals surface area contributed by atoms with Crippen LogP contribution in [0.5, 0.6) is 0 Å². The van der Waals surface area contributed by atoms with Crippen LogP contribution < -0.4 is 5.73 Å². The Hall–Kier alpha value is -2.27. The molecule has 0 spiro atoms. The summed E-state index contributed by atoms with van der Waals surface area (Å²) < 4.78 is 2.16. The molecule has 102 valence electrons. The Morgan fingerprint density at radius 3 is 2.60 bits per heavy atom. The van der Waals surface area contributed by atoms with Gasteiger partial charge < -0.3 is 10.3 Å². The molecule has 0 amide bonds. The van der Waals surface area contributed by atoms with Crippen LogP contribution in [-0.4, -0.2) is 19.5 Å². The molecular formula is C15H17N5. The van der Waals surface area contributed by atoms with E-state index in [9.17, 15) is 0 Å². The minimum Gasteiger partial charge on any atom is -0.347 e. The van der Waals surface area contributed by atoms with Gasteiger partial charge in [-0.2, -0.15) is 0 Å². The van der Waals surface area contributed by atoms with Gasteiger partial charge in [0.25, 0.3) is 0 Å². The van der Waals surface area contributed by atoms with Crippen molar-refractivity contribution in [3.05, 3.63) is 41.6 Å². The van der Waals surface area contributed by atoms with Crippen LogP contribution in [0.3, 0.4) is 0 Å². The standard InChI is InChI=1S/C15H17N5/c1-9-14(11-6-4-5-7-12(11)20(9)3)15-18-10(2)17-13(8-16)19-15/h4-7H,8,16H2,1-3H3. The maximum absolute atomic E-state index is 5.66. The Balaban J connectivity index is 2.35. The molecule has 0 unspecified atom stereocenters. The third kappa shape index (κ3) is 1.87. The van der Waals surface area contributed by atoms with Gasteiger partial charge in [0.2, 0.25) is 0 Å². The zero-order chi connectivity index (χ0) is 14.3. The first kappa shape index (κ1) is 12.7. The van der Waals surface area contributed by atoms with E-state index in [2.05, 4.69) is 45.6 Å². The van der Waals surface area contributed by atoms with Gasteiger partial charge in [0, 0.05) is 29.2 Å². The van der Waals surface area contributed by atoms with E-state index in [0.29, 0.717) is 24.0 Å². The fourth-order valence-corrected chi connectivity index (χ4v) is 2.54. The van der Waals surface area contributed by atoms with Crippen LogP contribution in [0.1, 0.15) is 17.3 Å². The van der Waals surface area contributed by atoms with E-state index in [1.807, 2.05) is 19.1 Å². The predicted molar refractivity (Wildman–Crippen MR) is 79.1 cm³/mol. The summed E-state index contributed by atoms with van der Waals surface area (Å²) in [5, 5.41) is 1.15. The molecule has 0 aliphatic carbocycles. The first-order chi connectivity index (χ1) is 9.61. The second-order valence-electron chi connectivity index (χ2n) is 4.86. The first-order valence-corrected chi connectivity index (χ1v) is 6.58. The highest BCUT2D eigenvalue weighted by atomic mass is 15.0. The molecule has 20 heavy (non-hydrogen) atoms. The van der Waals surface area contributed by atoms with Gasteiger partial charge in [-0.1, -0.05) is 18.2 Å². The summed E-state index contributed by atoms with van der Waals surface area (Å²) in [5.41, 5.74) is 9.03. The van der Waals surface area contributed by atoms with Gasteiger partial charge in [-0.25, -0.2) is 15.0 Å². The first-order valence-electron chi connectivity index (χ1n) is 6.58. The maximum Gasteiger partial charge on any atom is 0.165 e. The average Bonchev–Trinajstić information content (AvgIpc) is 2.71. The van der Waals surface area contributed by atoms with Gasteiger partial charge in [-0.15, -0.1) is 0 Å². The Labute approximate surface area is 117 Å². The van der Waals surface area contributed by atoms with Gasteiger partial charge in [0.05, 0.1) is 6.54 Å². The van der Waals surface area contributed by atoms with E-state index < -0.39 is 0 Å². The highest BCUT2D eigenvalue weighted by Gasteiger charge is 2.16. The summed E-state index contributed by atoms with van der Waals surface area (Å²) in [7, 11) is 2.05. The van der Waals surface area contributed by atoms with Crippen LogP contribution in [0.15, 0.2) is 24.3 Å². The Morgan fingerprint density at radius 1 is 1.10 bits per heavy atom. The SMILES string of the molecule is Cc1nc(CN)nc(-c2c(C)n(C)c3ccccc23)n1. The number of benzene rings is 1. The molecule has 5 heteroatoms. The van der Waals surface area contributed by atoms with E-state index in [1.54, 1.807) is 0 Å². The van der Waals surface area contributed by atoms with Gasteiger partial charge in [0.15, 0.2) is 5.82 Å². The summed E-state index contributed by atoms with van der Waals surface area (Å²) in [6.07, 6.45) is 0. The molecule has 1 aromatic carbocycles. The lowest BCUT2D eigenvalue weighted by Crippen LogP contribution is -2.07. The monoisotopic (exact) mass is 267 g/mol. The molecule has 2 aromatic heterocycles. The zero-order valence-corrected chi connectivity index (χ0v) is 11.9. The fourth-order valence-electron chi connectivity index (χ4n) is 2.54. The molecule has 0 saturated heterocycles. The number of fused-ring (bicyclic) bond motifs is 1. The second kappa shape index (κ2) is 4.68. The number of aryl methyl sites for hydroxylation is 2. The van der Waals surface area contributed by atoms with Gasteiger partial charge >= 0.3 is 0 Å². The van der Waals surface area contributed by atoms with Gasteiger partial charge in [0.1, 0.15) is 11.6 Å². The van der Waals surface area contributed by atoms with Crippen LogP contribution in [0.25, 0.3) is 22.3 Å². The van der Waals surface area contributed by atoms with Crippen molar-refractivity contribution in [2.45, 2.75) is 20.4 Å². The van der Waals surface area contributed by atoms with Crippen molar-refractivity contribution in [2.75, 3.05) is 0 Å². The van der Waals surface area contributed by atoms with Crippen molar-refractivity contribution in [3.63, 3.8) is 0 Å². The third-order valence-electron chi connectivity index (χ3n) is 3.60. The van der Waals surface area contributed by atoms with Gasteiger partial charge in [-0.05, 0) is 19.9 Å². The second-order valence-corrected chi connectivity index (χ2v) is 4.86. The number of hydrogen-bond acceptors (Lipinski definition) is 4. The fraction of sp³-hybridized carbons (Fsp3) is 0.267. The average molecular weight is 267 g/mol. The molecule has 0 saturated carbocycles. The Bertz CT molecular complexity index is 788. The molecule has 0 bridgehead atoms. The molecule has 3 aromatic rings. The highest BCUT2D eigenvalue weighted by molar-refractivity contribution is 5.96. The van der Waals surface area contributed by atoms with Gasteiger partial charge in [-0.3, -0.25) is 0 Å². The molecule has 2 heterocycles. The minimum absolute atomic E-state index is 0.320. The van der Waals surface area contributed by atoms with Crippen LogP contribution in [0.4, 0.5) is 0 Å². The quantitative estimate of drug-likeness (QED) is 0.772. The van der Waals surface area contributed by atoms with E-state index in [-0.39, 0.29) is 0 Å². The number of aromatic nitrogens is 4. The van der Waals surface area contributed by atoms with Crippen LogP contribution >= 0.6 is 0 Å². The number of nitrogens with two attached hydrogens (primary N) is 1. The molecule has 0 aliphatic heterocycles. The predicted octanol–water partition coefficient (Wildman–Crippen LogP) is 2.11. The normalized spacial score (nSPS) is 11.2. The van der Waals surface area contributed by atoms with Crippen molar-refractivity contribution in [1.82, 2.24) is 19.5 Å². The molecule has 5 nitrogen and oxygen atoms in total. The third-order valence-corrected chi connectivity index (χ3v) is 3.60. The topological polar surface area (TPSA) is 69.6 Å². The maximum atomic E-state index is 5.66. The molecule has 0 aliphatic rings. The molecule has 0 fully saturated rings. The van der Waals surface area contributed by atoms with E-state index in [0.717, 1.165) is 16.6 Å². The zero-order valence-electron chi connectivity index (χ0n) is 11.9. The summed E-state index contributed by atoms with van der Waals surface area (Å²) in [5.74, 6) is 2.02. The number of hydrogen-bond donors (Lipinski definition) is 1. The van der Waals surface area contributed by atoms with Crippen molar-refractivity contribution in [1.29, 1.82) is 0 Å². The molecule has 0 atom stereocenters. The van der Waals surface area contributed by atoms with E-state index >= 15 is 0 Å². The van der Waals surface area contributed by atoms with Crippen LogP contribution in [-0.2, 0) is 13.6 Å². The van der Waals surface area contributed by atoms with Crippen molar-refractivity contribution < 1.29 is 0 Å². The lowest BCUT2D eigenvalue weighted by molar-refractivity contribution is 0.848. The lowest BCUT2D eigenvalue weighted by Gasteiger charge is -2.04. The number of para-hydroxylation sites is 1. The summed E-state index contributed by atoms with van der Waals surface area (Å²) in [4.78, 5) is 13.2. The minimum atomic E-state index is 0.320. The molecule has 0 radical (unpaired) electrons. The Kier molecular flexibility index (Phi) is 2.99. The lowest BCUT2D eigenvalue weighted by atomic mass is 10.1. The number of rotatable bonds is 2. The summed E-state index contributed by atoms with van der Waals surface area (Å²) in [6, 6.07) is 8.27. The molecule has 2 N–H and O–H groups in total. The number of nitrogens with zero attached hydrogens (tertiary/aromatic N) is 4. The largest absolute Gasteiger partial charge is 0.347 e. The smallest absolute Gasteiger partial charge is 0.165 e. The summed E-state index contributed by atoms with van der Waals surface area (Å²) in [6.45, 7) is 4.27. The Morgan fingerprint density at radius 2 is 1.85 bits per heavy atom. The highest BCUT2D eigenvalue weighted by Crippen LogP contribution is 2.31. The van der Waals surface area contributed by atoms with Crippen LogP contribution in [0.2, 0.25) is 0 Å². The summed E-state index contributed by atoms with van der Waals surface area (Å²) >= 11 is 0. The van der Waals surface area contributed by atoms with E-state index in [4.69, 9.17) is 5.73 Å². The van der Waals surface area contributed by atoms with Crippen LogP contribution in [0, 0.1) is 13.8 Å². The van der Waals surface area contributed by atoms with Crippen molar-refractivity contribution in [3.8, 4) is 11.4 Å². The van der Waals surface area contributed by atoms with Crippen molar-refractivity contribution in [2.24, 2.45) is 12.8 Å².